The third kappa shape index (κ3) is 4.78. The lowest BCUT2D eigenvalue weighted by atomic mass is 10.1. The highest BCUT2D eigenvalue weighted by Gasteiger charge is 2.32. The molecule has 2 aliphatic rings. The van der Waals surface area contributed by atoms with Crippen LogP contribution in [-0.4, -0.2) is 83.9 Å². The summed E-state index contributed by atoms with van der Waals surface area (Å²) in [6.45, 7) is 5.41. The molecular formula is C19H28N2O7. The molecule has 28 heavy (non-hydrogen) atoms. The van der Waals surface area contributed by atoms with E-state index in [0.29, 0.717) is 24.7 Å². The van der Waals surface area contributed by atoms with Crippen LogP contribution in [0.1, 0.15) is 16.8 Å². The maximum Gasteiger partial charge on any atom is 0.343 e. The first-order chi connectivity index (χ1) is 13.6. The summed E-state index contributed by atoms with van der Waals surface area (Å²) >= 11 is 0. The molecule has 0 radical (unpaired) electrons. The van der Waals surface area contributed by atoms with Crippen molar-refractivity contribution in [3.8, 4) is 17.2 Å². The van der Waals surface area contributed by atoms with Gasteiger partial charge in [0, 0.05) is 32.8 Å². The number of rotatable bonds is 8. The molecule has 1 aromatic carbocycles. The predicted octanol–water partition coefficient (Wildman–Crippen LogP) is 0.943. The minimum Gasteiger partial charge on any atom is -0.489 e. The fraction of sp³-hybridized carbons (Fsp3) is 0.632. The van der Waals surface area contributed by atoms with Gasteiger partial charge in [0.25, 0.3) is 0 Å². The number of nitrogens with two attached hydrogens (primary N) is 1. The molecule has 1 aromatic rings. The lowest BCUT2D eigenvalue weighted by Crippen LogP contribution is -2.37. The molecule has 2 aliphatic heterocycles. The Morgan fingerprint density at radius 3 is 2.79 bits per heavy atom. The van der Waals surface area contributed by atoms with Crippen molar-refractivity contribution in [2.75, 3.05) is 72.6 Å². The number of fused-ring (bicyclic) bond motifs is 1. The molecule has 0 saturated carbocycles. The maximum absolute atomic E-state index is 12.1. The monoisotopic (exact) mass is 396 g/mol. The highest BCUT2D eigenvalue weighted by atomic mass is 16.6. The van der Waals surface area contributed by atoms with Crippen LogP contribution in [0, 0.1) is 0 Å². The molecule has 0 amide bonds. The zero-order valence-electron chi connectivity index (χ0n) is 16.4. The molecule has 0 aromatic heterocycles. The Hall–Kier alpha value is -2.23. The summed E-state index contributed by atoms with van der Waals surface area (Å²) in [5.74, 6) is 0.473. The van der Waals surface area contributed by atoms with Crippen molar-refractivity contribution < 1.29 is 33.2 Å². The average molecular weight is 396 g/mol. The number of methoxy groups -OCH3 is 2. The Bertz CT molecular complexity index is 677. The molecule has 156 valence electrons. The first-order valence-corrected chi connectivity index (χ1v) is 9.40. The smallest absolute Gasteiger partial charge is 0.343 e. The minimum absolute atomic E-state index is 0.147. The summed E-state index contributed by atoms with van der Waals surface area (Å²) in [5, 5.41) is 0. The van der Waals surface area contributed by atoms with E-state index < -0.39 is 5.97 Å². The van der Waals surface area contributed by atoms with E-state index in [0.717, 1.165) is 39.3 Å². The maximum atomic E-state index is 12.1. The second-order valence-electron chi connectivity index (χ2n) is 6.65. The van der Waals surface area contributed by atoms with Crippen LogP contribution in [0.4, 0.5) is 5.69 Å². The fourth-order valence-corrected chi connectivity index (χ4v) is 3.24. The second-order valence-corrected chi connectivity index (χ2v) is 6.65. The minimum atomic E-state index is -0.582. The molecule has 2 N–H and O–H groups in total. The number of benzene rings is 1. The molecule has 2 heterocycles. The van der Waals surface area contributed by atoms with E-state index in [1.165, 1.54) is 7.11 Å². The molecule has 0 spiro atoms. The van der Waals surface area contributed by atoms with Gasteiger partial charge in [0.2, 0.25) is 5.75 Å². The van der Waals surface area contributed by atoms with Crippen LogP contribution in [0.3, 0.4) is 0 Å². The number of esters is 1. The average Bonchev–Trinajstić information content (AvgIpc) is 2.72. The summed E-state index contributed by atoms with van der Waals surface area (Å²) < 4.78 is 33.0. The third-order valence-corrected chi connectivity index (χ3v) is 4.65. The zero-order valence-corrected chi connectivity index (χ0v) is 16.4. The number of anilines is 1. The van der Waals surface area contributed by atoms with Crippen LogP contribution in [0.25, 0.3) is 0 Å². The Morgan fingerprint density at radius 1 is 1.29 bits per heavy atom. The zero-order chi connectivity index (χ0) is 19.9. The summed E-state index contributed by atoms with van der Waals surface area (Å²) in [6, 6.07) is 1.58. The first kappa shape index (κ1) is 20.5. The molecule has 1 saturated heterocycles. The van der Waals surface area contributed by atoms with E-state index in [1.54, 1.807) is 13.2 Å². The van der Waals surface area contributed by atoms with Crippen LogP contribution < -0.4 is 19.9 Å². The van der Waals surface area contributed by atoms with Gasteiger partial charge in [-0.15, -0.1) is 0 Å². The fourth-order valence-electron chi connectivity index (χ4n) is 3.24. The van der Waals surface area contributed by atoms with Crippen molar-refractivity contribution in [1.82, 2.24) is 4.90 Å². The van der Waals surface area contributed by atoms with E-state index >= 15 is 0 Å². The highest BCUT2D eigenvalue weighted by Crippen LogP contribution is 2.46. The van der Waals surface area contributed by atoms with Gasteiger partial charge in [-0.25, -0.2) is 4.79 Å². The van der Waals surface area contributed by atoms with Gasteiger partial charge in [-0.05, 0) is 6.42 Å². The SMILES string of the molecule is COCC1COc2c(c(OCCCN3CCOCC3)cc(N)c2C(=O)OC)O1. The van der Waals surface area contributed by atoms with Gasteiger partial charge in [-0.2, -0.15) is 0 Å². The second kappa shape index (κ2) is 9.81. The predicted molar refractivity (Wildman–Crippen MR) is 101 cm³/mol. The molecule has 1 atom stereocenters. The van der Waals surface area contributed by atoms with Crippen molar-refractivity contribution in [2.45, 2.75) is 12.5 Å². The lowest BCUT2D eigenvalue weighted by Gasteiger charge is -2.29. The van der Waals surface area contributed by atoms with E-state index in [2.05, 4.69) is 4.90 Å². The Balaban J connectivity index is 1.72. The van der Waals surface area contributed by atoms with Crippen LogP contribution in [0.15, 0.2) is 6.07 Å². The topological polar surface area (TPSA) is 102 Å². The summed E-state index contributed by atoms with van der Waals surface area (Å²) in [4.78, 5) is 14.5. The molecule has 3 rings (SSSR count). The molecule has 0 bridgehead atoms. The van der Waals surface area contributed by atoms with Crippen LogP contribution in [0.5, 0.6) is 17.2 Å². The van der Waals surface area contributed by atoms with Gasteiger partial charge in [-0.1, -0.05) is 0 Å². The number of carbonyl (C=O) groups is 1. The van der Waals surface area contributed by atoms with Crippen molar-refractivity contribution in [3.63, 3.8) is 0 Å². The normalized spacial score (nSPS) is 19.3. The van der Waals surface area contributed by atoms with E-state index in [1.807, 2.05) is 0 Å². The third-order valence-electron chi connectivity index (χ3n) is 4.65. The number of nitrogens with zero attached hydrogens (tertiary/aromatic N) is 1. The molecule has 9 nitrogen and oxygen atoms in total. The van der Waals surface area contributed by atoms with Crippen molar-refractivity contribution in [2.24, 2.45) is 0 Å². The van der Waals surface area contributed by atoms with Crippen LogP contribution in [-0.2, 0) is 14.2 Å². The summed E-state index contributed by atoms with van der Waals surface area (Å²) in [6.07, 6.45) is 0.540. The van der Waals surface area contributed by atoms with Gasteiger partial charge < -0.3 is 34.2 Å². The highest BCUT2D eigenvalue weighted by molar-refractivity contribution is 6.00. The Morgan fingerprint density at radius 2 is 2.07 bits per heavy atom. The van der Waals surface area contributed by atoms with Gasteiger partial charge in [0.05, 0.1) is 39.2 Å². The molecular weight excluding hydrogens is 368 g/mol. The molecule has 0 aliphatic carbocycles. The number of morpholine rings is 1. The van der Waals surface area contributed by atoms with Gasteiger partial charge in [0.15, 0.2) is 17.6 Å². The van der Waals surface area contributed by atoms with Gasteiger partial charge in [0.1, 0.15) is 12.2 Å². The van der Waals surface area contributed by atoms with Crippen LogP contribution >= 0.6 is 0 Å². The van der Waals surface area contributed by atoms with E-state index in [-0.39, 0.29) is 29.7 Å². The molecule has 1 fully saturated rings. The number of hydrogen-bond acceptors (Lipinski definition) is 9. The lowest BCUT2D eigenvalue weighted by molar-refractivity contribution is 0.0225. The quantitative estimate of drug-likeness (QED) is 0.391. The number of carbonyl (C=O) groups excluding carboxylic acids is 1. The molecule has 1 unspecified atom stereocenters. The van der Waals surface area contributed by atoms with Crippen molar-refractivity contribution in [1.29, 1.82) is 0 Å². The Kier molecular flexibility index (Phi) is 7.18. The van der Waals surface area contributed by atoms with E-state index in [9.17, 15) is 4.79 Å². The van der Waals surface area contributed by atoms with Gasteiger partial charge in [-0.3, -0.25) is 4.90 Å². The standard InChI is InChI=1S/C19H28N2O7/c1-23-11-13-12-27-18-16(19(22)24-2)14(20)10-15(17(18)28-13)26-7-3-4-21-5-8-25-9-6-21/h10,13H,3-9,11-12,20H2,1-2H3. The number of hydrogen-bond donors (Lipinski definition) is 1. The number of nitrogen functional groups attached to an aromatic ring is 1. The van der Waals surface area contributed by atoms with E-state index in [4.69, 9.17) is 34.2 Å². The van der Waals surface area contributed by atoms with Crippen LogP contribution in [0.2, 0.25) is 0 Å². The number of ether oxygens (including phenoxy) is 6. The van der Waals surface area contributed by atoms with Crippen molar-refractivity contribution in [3.05, 3.63) is 11.6 Å². The molecule has 9 heteroatoms. The summed E-state index contributed by atoms with van der Waals surface area (Å²) in [5.41, 5.74) is 6.45. The first-order valence-electron chi connectivity index (χ1n) is 9.40. The Labute approximate surface area is 164 Å². The largest absolute Gasteiger partial charge is 0.489 e. The van der Waals surface area contributed by atoms with Crippen molar-refractivity contribution >= 4 is 11.7 Å². The van der Waals surface area contributed by atoms with Gasteiger partial charge >= 0.3 is 5.97 Å². The summed E-state index contributed by atoms with van der Waals surface area (Å²) in [7, 11) is 2.88.